The summed E-state index contributed by atoms with van der Waals surface area (Å²) in [5, 5.41) is 31.3. The van der Waals surface area contributed by atoms with Crippen LogP contribution in [0.3, 0.4) is 0 Å². The highest BCUT2D eigenvalue weighted by Crippen LogP contribution is 2.38. The first-order valence-corrected chi connectivity index (χ1v) is 11.0. The Morgan fingerprint density at radius 3 is 2.32 bits per heavy atom. The van der Waals surface area contributed by atoms with Gasteiger partial charge in [0.05, 0.1) is 29.4 Å². The van der Waals surface area contributed by atoms with Crippen molar-refractivity contribution in [3.63, 3.8) is 0 Å². The number of primary sulfonamides is 1. The lowest BCUT2D eigenvalue weighted by molar-refractivity contribution is 0.373. The van der Waals surface area contributed by atoms with E-state index in [4.69, 9.17) is 15.0 Å². The van der Waals surface area contributed by atoms with Crippen LogP contribution in [0, 0.1) is 0 Å². The molecule has 8 nitrogen and oxygen atoms in total. The van der Waals surface area contributed by atoms with Gasteiger partial charge in [0.15, 0.2) is 11.5 Å². The van der Waals surface area contributed by atoms with E-state index in [9.17, 15) is 18.6 Å². The van der Waals surface area contributed by atoms with Crippen molar-refractivity contribution in [3.05, 3.63) is 77.9 Å². The number of phenols is 2. The first-order chi connectivity index (χ1) is 14.8. The number of nitrogens with two attached hydrogens (primary N) is 1. The van der Waals surface area contributed by atoms with Crippen LogP contribution in [-0.2, 0) is 10.0 Å². The molecule has 3 aromatic carbocycles. The van der Waals surface area contributed by atoms with Crippen molar-refractivity contribution in [1.29, 1.82) is 0 Å². The first-order valence-electron chi connectivity index (χ1n) is 9.42. The van der Waals surface area contributed by atoms with Crippen LogP contribution in [-0.4, -0.2) is 31.5 Å². The molecule has 0 radical (unpaired) electrons. The van der Waals surface area contributed by atoms with Crippen LogP contribution in [0.2, 0.25) is 0 Å². The van der Waals surface area contributed by atoms with E-state index < -0.39 is 10.0 Å². The molecule has 0 saturated carbocycles. The number of benzene rings is 3. The number of hydrazone groups is 1. The predicted octanol–water partition coefficient (Wildman–Crippen LogP) is 3.11. The third kappa shape index (κ3) is 4.18. The summed E-state index contributed by atoms with van der Waals surface area (Å²) in [5.74, 6) is 0.544. The molecule has 0 fully saturated rings. The van der Waals surface area contributed by atoms with Crippen LogP contribution >= 0.6 is 0 Å². The van der Waals surface area contributed by atoms with Gasteiger partial charge in [0, 0.05) is 12.0 Å². The van der Waals surface area contributed by atoms with E-state index in [1.165, 1.54) is 19.2 Å². The Kier molecular flexibility index (Phi) is 5.30. The maximum atomic E-state index is 11.6. The molecule has 31 heavy (non-hydrogen) atoms. The van der Waals surface area contributed by atoms with E-state index in [2.05, 4.69) is 0 Å². The molecule has 0 aliphatic carbocycles. The van der Waals surface area contributed by atoms with Gasteiger partial charge < -0.3 is 14.9 Å². The molecule has 9 heteroatoms. The van der Waals surface area contributed by atoms with Crippen LogP contribution in [0.5, 0.6) is 17.2 Å². The van der Waals surface area contributed by atoms with Crippen LogP contribution in [0.4, 0.5) is 5.69 Å². The molecule has 0 aromatic heterocycles. The summed E-state index contributed by atoms with van der Waals surface area (Å²) in [5.41, 5.74) is 3.18. The van der Waals surface area contributed by atoms with Crippen molar-refractivity contribution in [2.24, 2.45) is 10.2 Å². The lowest BCUT2D eigenvalue weighted by atomic mass is 9.98. The average Bonchev–Trinajstić information content (AvgIpc) is 3.19. The summed E-state index contributed by atoms with van der Waals surface area (Å²) in [7, 11) is -2.32. The molecule has 1 atom stereocenters. The zero-order chi connectivity index (χ0) is 22.2. The second-order valence-electron chi connectivity index (χ2n) is 7.13. The summed E-state index contributed by atoms with van der Waals surface area (Å²) < 4.78 is 28.4. The van der Waals surface area contributed by atoms with Crippen molar-refractivity contribution < 1.29 is 23.4 Å². The second kappa shape index (κ2) is 7.93. The third-order valence-electron chi connectivity index (χ3n) is 5.13. The monoisotopic (exact) mass is 439 g/mol. The van der Waals surface area contributed by atoms with Crippen LogP contribution in [0.1, 0.15) is 23.6 Å². The van der Waals surface area contributed by atoms with Gasteiger partial charge in [-0.05, 0) is 60.2 Å². The fourth-order valence-electron chi connectivity index (χ4n) is 3.52. The van der Waals surface area contributed by atoms with Gasteiger partial charge in [-0.15, -0.1) is 0 Å². The molecule has 1 aliphatic rings. The lowest BCUT2D eigenvalue weighted by Gasteiger charge is -2.24. The Morgan fingerprint density at radius 1 is 1.03 bits per heavy atom. The fraction of sp³-hybridized carbons (Fsp3) is 0.136. The average molecular weight is 439 g/mol. The minimum atomic E-state index is -3.80. The highest BCUT2D eigenvalue weighted by atomic mass is 32.2. The van der Waals surface area contributed by atoms with Crippen molar-refractivity contribution >= 4 is 21.4 Å². The summed E-state index contributed by atoms with van der Waals surface area (Å²) in [4.78, 5) is 0.0177. The molecule has 0 spiro atoms. The number of hydrogen-bond acceptors (Lipinski definition) is 7. The van der Waals surface area contributed by atoms with E-state index in [1.54, 1.807) is 47.5 Å². The van der Waals surface area contributed by atoms with Crippen molar-refractivity contribution in [3.8, 4) is 17.2 Å². The smallest absolute Gasteiger partial charge is 0.238 e. The Bertz CT molecular complexity index is 1240. The Morgan fingerprint density at radius 2 is 1.71 bits per heavy atom. The summed E-state index contributed by atoms with van der Waals surface area (Å²) >= 11 is 0. The largest absolute Gasteiger partial charge is 0.508 e. The standard InChI is InChI=1S/C22H21N3O5S/c1-30-22-12-15(4-11-21(22)27)19-13-20(14-2-7-17(26)8-3-14)25(24-19)16-5-9-18(10-6-16)31(23,28)29/h2-12,20,26-27H,13H2,1H3,(H2,23,28,29). The van der Waals surface area contributed by atoms with Gasteiger partial charge in [0.25, 0.3) is 0 Å². The Balaban J connectivity index is 1.76. The number of ether oxygens (including phenoxy) is 1. The zero-order valence-electron chi connectivity index (χ0n) is 16.6. The minimum Gasteiger partial charge on any atom is -0.508 e. The van der Waals surface area contributed by atoms with E-state index in [0.29, 0.717) is 17.9 Å². The number of aromatic hydroxyl groups is 2. The van der Waals surface area contributed by atoms with Gasteiger partial charge >= 0.3 is 0 Å². The molecule has 160 valence electrons. The molecule has 1 unspecified atom stereocenters. The summed E-state index contributed by atoms with van der Waals surface area (Å²) in [6.45, 7) is 0. The van der Waals surface area contributed by atoms with E-state index in [1.807, 2.05) is 12.1 Å². The lowest BCUT2D eigenvalue weighted by Crippen LogP contribution is -2.19. The second-order valence-corrected chi connectivity index (χ2v) is 8.69. The molecule has 0 saturated heterocycles. The SMILES string of the molecule is COc1cc(C2=NN(c3ccc(S(N)(=O)=O)cc3)C(c3ccc(O)cc3)C2)ccc1O. The molecule has 1 aliphatic heterocycles. The third-order valence-corrected chi connectivity index (χ3v) is 6.06. The molecule has 4 rings (SSSR count). The van der Waals surface area contributed by atoms with Crippen LogP contribution in [0.25, 0.3) is 0 Å². The highest BCUT2D eigenvalue weighted by Gasteiger charge is 2.30. The quantitative estimate of drug-likeness (QED) is 0.561. The maximum Gasteiger partial charge on any atom is 0.238 e. The number of methoxy groups -OCH3 is 1. The minimum absolute atomic E-state index is 0.0177. The number of anilines is 1. The van der Waals surface area contributed by atoms with Crippen LogP contribution in [0.15, 0.2) is 76.7 Å². The number of hydrogen-bond donors (Lipinski definition) is 3. The first kappa shape index (κ1) is 20.7. The number of nitrogens with zero attached hydrogens (tertiary/aromatic N) is 2. The maximum absolute atomic E-state index is 11.6. The molecule has 1 heterocycles. The van der Waals surface area contributed by atoms with Gasteiger partial charge in [0.1, 0.15) is 5.75 Å². The van der Waals surface area contributed by atoms with Gasteiger partial charge in [-0.25, -0.2) is 13.6 Å². The highest BCUT2D eigenvalue weighted by molar-refractivity contribution is 7.89. The molecule has 0 amide bonds. The Hall–Kier alpha value is -3.56. The molecule has 3 aromatic rings. The van der Waals surface area contributed by atoms with Gasteiger partial charge in [-0.2, -0.15) is 5.10 Å². The molecule has 0 bridgehead atoms. The summed E-state index contributed by atoms with van der Waals surface area (Å²) in [6.07, 6.45) is 0.551. The fourth-order valence-corrected chi connectivity index (χ4v) is 4.04. The zero-order valence-corrected chi connectivity index (χ0v) is 17.5. The molecular formula is C22H21N3O5S. The number of phenolic OH excluding ortho intramolecular Hbond substituents is 2. The van der Waals surface area contributed by atoms with Gasteiger partial charge in [-0.1, -0.05) is 12.1 Å². The van der Waals surface area contributed by atoms with Crippen LogP contribution < -0.4 is 14.9 Å². The normalized spacial score (nSPS) is 16.3. The van der Waals surface area contributed by atoms with Gasteiger partial charge in [-0.3, -0.25) is 5.01 Å². The topological polar surface area (TPSA) is 125 Å². The predicted molar refractivity (Wildman–Crippen MR) is 117 cm³/mol. The van der Waals surface area contributed by atoms with Crippen molar-refractivity contribution in [2.45, 2.75) is 17.4 Å². The number of rotatable bonds is 5. The van der Waals surface area contributed by atoms with Gasteiger partial charge in [0.2, 0.25) is 10.0 Å². The Labute approximate surface area is 179 Å². The molecular weight excluding hydrogens is 418 g/mol. The summed E-state index contributed by atoms with van der Waals surface area (Å²) in [6, 6.07) is 17.9. The van der Waals surface area contributed by atoms with Crippen molar-refractivity contribution in [2.75, 3.05) is 12.1 Å². The van der Waals surface area contributed by atoms with Crippen molar-refractivity contribution in [1.82, 2.24) is 0 Å². The number of sulfonamides is 1. The van der Waals surface area contributed by atoms with E-state index in [0.717, 1.165) is 16.8 Å². The molecule has 4 N–H and O–H groups in total. The van der Waals surface area contributed by atoms with E-state index >= 15 is 0 Å². The van der Waals surface area contributed by atoms with E-state index in [-0.39, 0.29) is 22.4 Å².